The highest BCUT2D eigenvalue weighted by Crippen LogP contribution is 2.24. The molecule has 2 rings (SSSR count). The van der Waals surface area contributed by atoms with Crippen LogP contribution < -0.4 is 10.4 Å². The molecule has 1 aromatic carbocycles. The smallest absolute Gasteiger partial charge is 0.251 e. The molecule has 126 valence electrons. The number of nitrogens with one attached hydrogen (secondary N) is 1. The largest absolute Gasteiger partial charge is 0.548 e. The second-order valence-electron chi connectivity index (χ2n) is 5.50. The number of piperidine rings is 1. The summed E-state index contributed by atoms with van der Waals surface area (Å²) in [6, 6.07) is 4.31. The fraction of sp³-hybridized carbons (Fsp3) is 0.467. The van der Waals surface area contributed by atoms with Gasteiger partial charge < -0.3 is 15.2 Å². The highest BCUT2D eigenvalue weighted by Gasteiger charge is 2.28. The number of aryl methyl sites for hydroxylation is 1. The minimum absolute atomic E-state index is 0.0838. The number of hydrogen-bond acceptors (Lipinski definition) is 5. The van der Waals surface area contributed by atoms with E-state index in [-0.39, 0.29) is 10.5 Å². The van der Waals surface area contributed by atoms with E-state index in [1.165, 1.54) is 16.4 Å². The molecule has 0 saturated carbocycles. The van der Waals surface area contributed by atoms with Gasteiger partial charge in [0, 0.05) is 18.7 Å². The summed E-state index contributed by atoms with van der Waals surface area (Å²) in [7, 11) is -3.66. The summed E-state index contributed by atoms with van der Waals surface area (Å²) in [4.78, 5) is 22.4. The molecular formula is C15H19N2O5S-. The van der Waals surface area contributed by atoms with E-state index in [1.807, 2.05) is 0 Å². The molecule has 0 aromatic heterocycles. The second-order valence-corrected chi connectivity index (χ2v) is 7.41. The molecule has 0 atom stereocenters. The van der Waals surface area contributed by atoms with Crippen LogP contribution in [0, 0.1) is 6.92 Å². The number of aliphatic carboxylic acids is 1. The molecule has 1 saturated heterocycles. The number of carboxylic acids is 1. The van der Waals surface area contributed by atoms with Gasteiger partial charge in [0.15, 0.2) is 0 Å². The van der Waals surface area contributed by atoms with Crippen molar-refractivity contribution in [1.29, 1.82) is 0 Å². The van der Waals surface area contributed by atoms with Crippen LogP contribution in [-0.2, 0) is 14.8 Å². The third kappa shape index (κ3) is 4.08. The Bertz CT molecular complexity index is 709. The zero-order valence-electron chi connectivity index (χ0n) is 12.9. The van der Waals surface area contributed by atoms with E-state index in [0.29, 0.717) is 18.7 Å². The Balaban J connectivity index is 2.29. The van der Waals surface area contributed by atoms with Gasteiger partial charge in [0.05, 0.1) is 17.4 Å². The molecule has 0 bridgehead atoms. The van der Waals surface area contributed by atoms with Crippen LogP contribution in [0.5, 0.6) is 0 Å². The van der Waals surface area contributed by atoms with E-state index in [2.05, 4.69) is 5.32 Å². The molecule has 0 aliphatic carbocycles. The fourth-order valence-electron chi connectivity index (χ4n) is 2.52. The van der Waals surface area contributed by atoms with Crippen molar-refractivity contribution < 1.29 is 23.1 Å². The Kier molecular flexibility index (Phi) is 5.38. The van der Waals surface area contributed by atoms with E-state index in [1.54, 1.807) is 13.0 Å². The highest BCUT2D eigenvalue weighted by molar-refractivity contribution is 7.89. The number of benzene rings is 1. The van der Waals surface area contributed by atoms with Crippen LogP contribution in [0.2, 0.25) is 0 Å². The molecule has 1 heterocycles. The zero-order valence-corrected chi connectivity index (χ0v) is 13.7. The van der Waals surface area contributed by atoms with E-state index in [9.17, 15) is 23.1 Å². The Morgan fingerprint density at radius 1 is 1.22 bits per heavy atom. The number of rotatable bonds is 5. The van der Waals surface area contributed by atoms with Crippen molar-refractivity contribution >= 4 is 21.9 Å². The van der Waals surface area contributed by atoms with Crippen LogP contribution in [0.4, 0.5) is 0 Å². The lowest BCUT2D eigenvalue weighted by atomic mass is 10.1. The fourth-order valence-corrected chi connectivity index (χ4v) is 4.29. The molecule has 1 aromatic rings. The standard InChI is InChI=1S/C15H20N2O5S/c1-11-5-6-12(15(20)16-10-14(18)19)9-13(11)23(21,22)17-7-3-2-4-8-17/h5-6,9H,2-4,7-8,10H2,1H3,(H,16,20)(H,18,19)/p-1. The van der Waals surface area contributed by atoms with Gasteiger partial charge in [-0.15, -0.1) is 0 Å². The van der Waals surface area contributed by atoms with Crippen molar-refractivity contribution in [1.82, 2.24) is 9.62 Å². The van der Waals surface area contributed by atoms with Crippen LogP contribution >= 0.6 is 0 Å². The van der Waals surface area contributed by atoms with E-state index >= 15 is 0 Å². The number of amides is 1. The first-order chi connectivity index (χ1) is 10.8. The van der Waals surface area contributed by atoms with Gasteiger partial charge in [-0.25, -0.2) is 8.42 Å². The summed E-state index contributed by atoms with van der Waals surface area (Å²) in [5.74, 6) is -2.06. The van der Waals surface area contributed by atoms with Crippen LogP contribution in [0.3, 0.4) is 0 Å². The number of hydrogen-bond donors (Lipinski definition) is 1. The summed E-state index contributed by atoms with van der Waals surface area (Å²) >= 11 is 0. The molecule has 1 aliphatic heterocycles. The first-order valence-corrected chi connectivity index (χ1v) is 8.85. The number of carbonyl (C=O) groups is 2. The summed E-state index contributed by atoms with van der Waals surface area (Å²) in [6.45, 7) is 1.99. The minimum atomic E-state index is -3.66. The van der Waals surface area contributed by atoms with Crippen molar-refractivity contribution in [3.63, 3.8) is 0 Å². The predicted molar refractivity (Wildman–Crippen MR) is 81.1 cm³/mol. The van der Waals surface area contributed by atoms with Crippen molar-refractivity contribution in [2.45, 2.75) is 31.1 Å². The van der Waals surface area contributed by atoms with Gasteiger partial charge in [0.1, 0.15) is 0 Å². The number of sulfonamides is 1. The van der Waals surface area contributed by atoms with Gasteiger partial charge in [-0.2, -0.15) is 4.31 Å². The summed E-state index contributed by atoms with van der Waals surface area (Å²) in [6.07, 6.45) is 2.66. The zero-order chi connectivity index (χ0) is 17.0. The Hall–Kier alpha value is -1.93. The molecule has 0 unspecified atom stereocenters. The molecule has 7 nitrogen and oxygen atoms in total. The van der Waals surface area contributed by atoms with E-state index in [0.717, 1.165) is 19.3 Å². The maximum Gasteiger partial charge on any atom is 0.251 e. The molecule has 8 heteroatoms. The van der Waals surface area contributed by atoms with Crippen molar-refractivity contribution in [3.8, 4) is 0 Å². The maximum absolute atomic E-state index is 12.7. The molecule has 1 N–H and O–H groups in total. The Morgan fingerprint density at radius 3 is 2.48 bits per heavy atom. The quantitative estimate of drug-likeness (QED) is 0.789. The third-order valence-electron chi connectivity index (χ3n) is 3.78. The lowest BCUT2D eigenvalue weighted by molar-refractivity contribution is -0.303. The van der Waals surface area contributed by atoms with Crippen LogP contribution in [0.15, 0.2) is 23.1 Å². The molecule has 23 heavy (non-hydrogen) atoms. The van der Waals surface area contributed by atoms with Gasteiger partial charge >= 0.3 is 0 Å². The topological polar surface area (TPSA) is 107 Å². The van der Waals surface area contributed by atoms with E-state index < -0.39 is 28.4 Å². The first kappa shape index (κ1) is 17.4. The first-order valence-electron chi connectivity index (χ1n) is 7.41. The summed E-state index contributed by atoms with van der Waals surface area (Å²) in [5.41, 5.74) is 0.652. The molecule has 1 amide bonds. The van der Waals surface area contributed by atoms with Crippen LogP contribution in [-0.4, -0.2) is 44.2 Å². The maximum atomic E-state index is 12.7. The SMILES string of the molecule is Cc1ccc(C(=O)NCC(=O)[O-])cc1S(=O)(=O)N1CCCCC1. The molecule has 0 radical (unpaired) electrons. The van der Waals surface area contributed by atoms with Crippen molar-refractivity contribution in [2.24, 2.45) is 0 Å². The molecule has 1 aliphatic rings. The Morgan fingerprint density at radius 2 is 1.87 bits per heavy atom. The van der Waals surface area contributed by atoms with Crippen LogP contribution in [0.25, 0.3) is 0 Å². The summed E-state index contributed by atoms with van der Waals surface area (Å²) < 4.78 is 26.9. The monoisotopic (exact) mass is 339 g/mol. The number of nitrogens with zero attached hydrogens (tertiary/aromatic N) is 1. The lowest BCUT2D eigenvalue weighted by Crippen LogP contribution is -2.38. The normalized spacial score (nSPS) is 16.0. The molecule has 1 fully saturated rings. The molecular weight excluding hydrogens is 320 g/mol. The average Bonchev–Trinajstić information content (AvgIpc) is 2.53. The minimum Gasteiger partial charge on any atom is -0.548 e. The lowest BCUT2D eigenvalue weighted by Gasteiger charge is -2.26. The van der Waals surface area contributed by atoms with Gasteiger partial charge in [-0.3, -0.25) is 4.79 Å². The van der Waals surface area contributed by atoms with Gasteiger partial charge in [-0.05, 0) is 37.5 Å². The van der Waals surface area contributed by atoms with Gasteiger partial charge in [-0.1, -0.05) is 12.5 Å². The molecule has 0 spiro atoms. The number of carboxylic acid groups (broad SMARTS) is 1. The Labute approximate surface area is 135 Å². The van der Waals surface area contributed by atoms with Gasteiger partial charge in [0.25, 0.3) is 5.91 Å². The predicted octanol–water partition coefficient (Wildman–Crippen LogP) is -0.351. The summed E-state index contributed by atoms with van der Waals surface area (Å²) in [5, 5.41) is 12.6. The number of carbonyl (C=O) groups excluding carboxylic acids is 2. The van der Waals surface area contributed by atoms with Crippen LogP contribution in [0.1, 0.15) is 35.2 Å². The van der Waals surface area contributed by atoms with Gasteiger partial charge in [0.2, 0.25) is 10.0 Å². The second kappa shape index (κ2) is 7.10. The van der Waals surface area contributed by atoms with Crippen molar-refractivity contribution in [3.05, 3.63) is 29.3 Å². The third-order valence-corrected chi connectivity index (χ3v) is 5.82. The average molecular weight is 339 g/mol. The van der Waals surface area contributed by atoms with Crippen molar-refractivity contribution in [2.75, 3.05) is 19.6 Å². The van der Waals surface area contributed by atoms with E-state index in [4.69, 9.17) is 0 Å². The highest BCUT2D eigenvalue weighted by atomic mass is 32.2.